The normalized spacial score (nSPS) is 22.3. The number of amides is 1. The van der Waals surface area contributed by atoms with Gasteiger partial charge in [-0.25, -0.2) is 0 Å². The van der Waals surface area contributed by atoms with Crippen molar-refractivity contribution in [2.24, 2.45) is 17.8 Å². The van der Waals surface area contributed by atoms with Crippen LogP contribution in [0.4, 0.5) is 0 Å². The number of carboxylic acid groups (broad SMARTS) is 1. The summed E-state index contributed by atoms with van der Waals surface area (Å²) in [5.74, 6) is 0.420. The van der Waals surface area contributed by atoms with Gasteiger partial charge < -0.3 is 23.7 Å². The van der Waals surface area contributed by atoms with Crippen molar-refractivity contribution in [3.63, 3.8) is 0 Å². The molecule has 0 heterocycles. The first-order chi connectivity index (χ1) is 14.6. The molecule has 0 spiro atoms. The molecule has 2 N–H and O–H groups in total. The molecule has 1 rings (SSSR count). The van der Waals surface area contributed by atoms with Crippen LogP contribution in [0.5, 0.6) is 0 Å². The molecule has 31 heavy (non-hydrogen) atoms. The lowest BCUT2D eigenvalue weighted by atomic mass is 9.70. The Balaban J connectivity index is 2.67. The monoisotopic (exact) mass is 459 g/mol. The largest absolute Gasteiger partial charge is 0.500 e. The molecule has 1 fully saturated rings. The predicted molar refractivity (Wildman–Crippen MR) is 124 cm³/mol. The zero-order valence-corrected chi connectivity index (χ0v) is 21.5. The molecular weight excluding hydrogens is 414 g/mol. The minimum Gasteiger partial charge on any atom is -0.481 e. The summed E-state index contributed by atoms with van der Waals surface area (Å²) >= 11 is 0. The van der Waals surface area contributed by atoms with E-state index in [4.69, 9.17) is 18.4 Å². The Bertz CT molecular complexity index is 538. The van der Waals surface area contributed by atoms with Crippen molar-refractivity contribution in [3.8, 4) is 0 Å². The van der Waals surface area contributed by atoms with Gasteiger partial charge in [0.2, 0.25) is 5.91 Å². The SMILES string of the molecule is CO[Si](CCC1CCC(C(=O)NC(C)(C)C)C(CCCCCCC(=O)O)C1)(OC)OC. The fraction of sp³-hybridized carbons (Fsp3) is 0.913. The summed E-state index contributed by atoms with van der Waals surface area (Å²) in [5, 5.41) is 12.0. The van der Waals surface area contributed by atoms with E-state index < -0.39 is 14.8 Å². The van der Waals surface area contributed by atoms with E-state index in [1.54, 1.807) is 21.3 Å². The second kappa shape index (κ2) is 13.6. The Morgan fingerprint density at radius 2 is 1.58 bits per heavy atom. The van der Waals surface area contributed by atoms with Crippen molar-refractivity contribution < 1.29 is 28.0 Å². The topological polar surface area (TPSA) is 94.1 Å². The van der Waals surface area contributed by atoms with Crippen LogP contribution in [-0.4, -0.2) is 52.7 Å². The minimum atomic E-state index is -2.57. The fourth-order valence-corrected chi connectivity index (χ4v) is 6.60. The third kappa shape index (κ3) is 10.5. The van der Waals surface area contributed by atoms with Crippen molar-refractivity contribution in [1.82, 2.24) is 5.32 Å². The Kier molecular flexibility index (Phi) is 12.3. The number of hydrogen-bond donors (Lipinski definition) is 2. The number of aliphatic carboxylic acids is 1. The van der Waals surface area contributed by atoms with Crippen LogP contribution in [0.2, 0.25) is 6.04 Å². The molecule has 1 amide bonds. The highest BCUT2D eigenvalue weighted by molar-refractivity contribution is 6.60. The summed E-state index contributed by atoms with van der Waals surface area (Å²) in [4.78, 5) is 23.6. The minimum absolute atomic E-state index is 0.0590. The first-order valence-corrected chi connectivity index (χ1v) is 13.7. The lowest BCUT2D eigenvalue weighted by molar-refractivity contribution is -0.137. The summed E-state index contributed by atoms with van der Waals surface area (Å²) < 4.78 is 16.7. The van der Waals surface area contributed by atoms with Gasteiger partial charge in [-0.15, -0.1) is 0 Å². The van der Waals surface area contributed by atoms with Crippen LogP contribution in [0, 0.1) is 17.8 Å². The zero-order valence-electron chi connectivity index (χ0n) is 20.5. The van der Waals surface area contributed by atoms with E-state index in [0.29, 0.717) is 11.8 Å². The summed E-state index contributed by atoms with van der Waals surface area (Å²) in [7, 11) is 2.39. The fourth-order valence-electron chi connectivity index (χ4n) is 4.72. The van der Waals surface area contributed by atoms with Gasteiger partial charge in [-0.3, -0.25) is 9.59 Å². The molecule has 0 bridgehead atoms. The Labute approximate surface area is 190 Å². The third-order valence-corrected chi connectivity index (χ3v) is 9.20. The molecule has 7 nitrogen and oxygen atoms in total. The van der Waals surface area contributed by atoms with Crippen LogP contribution < -0.4 is 5.32 Å². The van der Waals surface area contributed by atoms with Crippen molar-refractivity contribution in [3.05, 3.63) is 0 Å². The van der Waals surface area contributed by atoms with Crippen molar-refractivity contribution in [2.45, 2.75) is 96.6 Å². The van der Waals surface area contributed by atoms with E-state index in [9.17, 15) is 9.59 Å². The molecule has 0 aliphatic heterocycles. The molecule has 3 atom stereocenters. The van der Waals surface area contributed by atoms with Crippen LogP contribution in [-0.2, 0) is 22.9 Å². The lowest BCUT2D eigenvalue weighted by Gasteiger charge is -2.38. The Morgan fingerprint density at radius 1 is 0.968 bits per heavy atom. The highest BCUT2D eigenvalue weighted by atomic mass is 28.4. The highest BCUT2D eigenvalue weighted by Crippen LogP contribution is 2.40. The molecule has 0 aromatic rings. The molecule has 0 aromatic carbocycles. The van der Waals surface area contributed by atoms with Gasteiger partial charge in [-0.05, 0) is 71.1 Å². The average molecular weight is 460 g/mol. The summed E-state index contributed by atoms with van der Waals surface area (Å²) in [6.07, 6.45) is 8.98. The van der Waals surface area contributed by atoms with E-state index in [1.165, 1.54) is 0 Å². The van der Waals surface area contributed by atoms with Gasteiger partial charge in [0.1, 0.15) is 0 Å². The molecule has 1 saturated carbocycles. The maximum atomic E-state index is 13.0. The molecule has 0 aromatic heterocycles. The van der Waals surface area contributed by atoms with Gasteiger partial charge in [0.05, 0.1) is 0 Å². The van der Waals surface area contributed by atoms with Crippen LogP contribution in [0.15, 0.2) is 0 Å². The lowest BCUT2D eigenvalue weighted by Crippen LogP contribution is -2.47. The van der Waals surface area contributed by atoms with E-state index in [2.05, 4.69) is 5.32 Å². The first kappa shape index (κ1) is 28.1. The zero-order chi connectivity index (χ0) is 23.5. The molecule has 182 valence electrons. The van der Waals surface area contributed by atoms with Crippen LogP contribution in [0.1, 0.15) is 85.0 Å². The second-order valence-electron chi connectivity index (χ2n) is 9.97. The first-order valence-electron chi connectivity index (χ1n) is 11.7. The average Bonchev–Trinajstić information content (AvgIpc) is 2.70. The molecule has 8 heteroatoms. The van der Waals surface area contributed by atoms with Crippen LogP contribution >= 0.6 is 0 Å². The standard InChI is InChI=1S/C23H45NO6Si/c1-23(2,3)24-22(27)20-14-13-18(15-16-31(28-4,29-5)30-6)17-19(20)11-9-7-8-10-12-21(25)26/h18-20H,7-17H2,1-6H3,(H,24,27)(H,25,26). The molecule has 0 radical (unpaired) electrons. The Morgan fingerprint density at radius 3 is 2.13 bits per heavy atom. The van der Waals surface area contributed by atoms with E-state index in [0.717, 1.165) is 63.8 Å². The number of rotatable bonds is 14. The summed E-state index contributed by atoms with van der Waals surface area (Å²) in [6, 6.07) is 0.794. The third-order valence-electron chi connectivity index (χ3n) is 6.43. The predicted octanol–water partition coefficient (Wildman–Crippen LogP) is 4.63. The highest BCUT2D eigenvalue weighted by Gasteiger charge is 2.40. The van der Waals surface area contributed by atoms with Crippen molar-refractivity contribution >= 4 is 20.7 Å². The van der Waals surface area contributed by atoms with Crippen molar-refractivity contribution in [1.29, 1.82) is 0 Å². The number of unbranched alkanes of at least 4 members (excludes halogenated alkanes) is 3. The van der Waals surface area contributed by atoms with E-state index >= 15 is 0 Å². The van der Waals surface area contributed by atoms with Gasteiger partial charge >= 0.3 is 14.8 Å². The Hall–Kier alpha value is -0.963. The molecular formula is C23H45NO6Si. The van der Waals surface area contributed by atoms with Gasteiger partial charge in [0.25, 0.3) is 0 Å². The number of carboxylic acids is 1. The number of carbonyl (C=O) groups excluding carboxylic acids is 1. The summed E-state index contributed by atoms with van der Waals surface area (Å²) in [6.45, 7) is 6.08. The molecule has 1 aliphatic rings. The van der Waals surface area contributed by atoms with Gasteiger partial charge in [-0.1, -0.05) is 19.3 Å². The van der Waals surface area contributed by atoms with E-state index in [1.807, 2.05) is 20.8 Å². The second-order valence-corrected chi connectivity index (χ2v) is 13.1. The quantitative estimate of drug-likeness (QED) is 0.291. The van der Waals surface area contributed by atoms with Crippen molar-refractivity contribution in [2.75, 3.05) is 21.3 Å². The molecule has 3 unspecified atom stereocenters. The van der Waals surface area contributed by atoms with Gasteiger partial charge in [0.15, 0.2) is 0 Å². The summed E-state index contributed by atoms with van der Waals surface area (Å²) in [5.41, 5.74) is -0.226. The molecule has 0 saturated heterocycles. The van der Waals surface area contributed by atoms with Gasteiger partial charge in [0, 0.05) is 45.3 Å². The number of carbonyl (C=O) groups is 2. The van der Waals surface area contributed by atoms with Crippen LogP contribution in [0.3, 0.4) is 0 Å². The smallest absolute Gasteiger partial charge is 0.481 e. The van der Waals surface area contributed by atoms with Gasteiger partial charge in [-0.2, -0.15) is 0 Å². The maximum Gasteiger partial charge on any atom is 0.500 e. The van der Waals surface area contributed by atoms with Crippen LogP contribution in [0.25, 0.3) is 0 Å². The maximum absolute atomic E-state index is 13.0. The van der Waals surface area contributed by atoms with E-state index in [-0.39, 0.29) is 23.8 Å². The number of hydrogen-bond acceptors (Lipinski definition) is 5. The molecule has 1 aliphatic carbocycles. The number of nitrogens with one attached hydrogen (secondary N) is 1.